The lowest BCUT2D eigenvalue weighted by molar-refractivity contribution is -0.134. The van der Waals surface area contributed by atoms with Crippen LogP contribution in [0.4, 0.5) is 5.13 Å². The van der Waals surface area contributed by atoms with E-state index < -0.39 is 17.5 Å². The van der Waals surface area contributed by atoms with Crippen molar-refractivity contribution in [2.24, 2.45) is 0 Å². The molecule has 0 radical (unpaired) electrons. The fourth-order valence-corrected chi connectivity index (χ4v) is 4.17. The maximum Gasteiger partial charge on any atom is 0.339 e. The van der Waals surface area contributed by atoms with Crippen molar-refractivity contribution < 1.29 is 14.3 Å². The maximum absolute atomic E-state index is 12.6. The van der Waals surface area contributed by atoms with Gasteiger partial charge in [0.15, 0.2) is 9.94 Å². The van der Waals surface area contributed by atoms with E-state index in [-0.39, 0.29) is 0 Å². The van der Waals surface area contributed by atoms with Crippen molar-refractivity contribution in [3.05, 3.63) is 34.9 Å². The number of cyclic esters (lactones) is 1. The van der Waals surface area contributed by atoms with Crippen LogP contribution < -0.4 is 5.32 Å². The third kappa shape index (κ3) is 3.29. The minimum absolute atomic E-state index is 0.330. The number of nitrogens with one attached hydrogen (secondary N) is 1. The molecule has 24 heavy (non-hydrogen) atoms. The van der Waals surface area contributed by atoms with Crippen LogP contribution in [0.3, 0.4) is 0 Å². The highest BCUT2D eigenvalue weighted by Gasteiger charge is 2.43. The number of amides is 1. The van der Waals surface area contributed by atoms with Crippen LogP contribution in [-0.4, -0.2) is 33.4 Å². The number of ether oxygens (including phenoxy) is 1. The Balaban J connectivity index is 1.80. The molecule has 1 aromatic heterocycles. The highest BCUT2D eigenvalue weighted by Crippen LogP contribution is 2.31. The van der Waals surface area contributed by atoms with E-state index in [2.05, 4.69) is 15.5 Å². The van der Waals surface area contributed by atoms with E-state index in [0.29, 0.717) is 17.1 Å². The van der Waals surface area contributed by atoms with Crippen molar-refractivity contribution in [1.29, 1.82) is 0 Å². The van der Waals surface area contributed by atoms with Gasteiger partial charge in [-0.05, 0) is 31.2 Å². The molecule has 2 aromatic rings. The highest BCUT2D eigenvalue weighted by molar-refractivity contribution is 8.01. The van der Waals surface area contributed by atoms with Crippen molar-refractivity contribution in [1.82, 2.24) is 10.2 Å². The van der Waals surface area contributed by atoms with Crippen molar-refractivity contribution in [3.63, 3.8) is 0 Å². The Labute approximate surface area is 148 Å². The zero-order chi connectivity index (χ0) is 17.3. The van der Waals surface area contributed by atoms with Crippen molar-refractivity contribution >= 4 is 40.1 Å². The Kier molecular flexibility index (Phi) is 4.60. The highest BCUT2D eigenvalue weighted by atomic mass is 32.2. The van der Waals surface area contributed by atoms with Crippen LogP contribution in [-0.2, 0) is 16.0 Å². The molecule has 3 rings (SSSR count). The average Bonchev–Trinajstić information content (AvgIpc) is 2.94. The van der Waals surface area contributed by atoms with Crippen LogP contribution in [0.2, 0.25) is 0 Å². The molecule has 6 nitrogen and oxygen atoms in total. The van der Waals surface area contributed by atoms with Gasteiger partial charge in [-0.1, -0.05) is 47.7 Å². The third-order valence-corrected chi connectivity index (χ3v) is 5.56. The molecule has 2 heterocycles. The van der Waals surface area contributed by atoms with Gasteiger partial charge >= 0.3 is 5.97 Å². The first-order chi connectivity index (χ1) is 11.4. The Morgan fingerprint density at radius 3 is 3.00 bits per heavy atom. The van der Waals surface area contributed by atoms with E-state index in [0.717, 1.165) is 21.2 Å². The van der Waals surface area contributed by atoms with E-state index in [9.17, 15) is 9.59 Å². The second kappa shape index (κ2) is 6.52. The summed E-state index contributed by atoms with van der Waals surface area (Å²) >= 11 is 2.86. The zero-order valence-corrected chi connectivity index (χ0v) is 15.2. The van der Waals surface area contributed by atoms with Gasteiger partial charge in [-0.3, -0.25) is 10.1 Å². The molecule has 0 saturated carbocycles. The van der Waals surface area contributed by atoms with E-state index in [1.807, 2.05) is 26.0 Å². The molecule has 0 aliphatic carbocycles. The third-order valence-electron chi connectivity index (χ3n) is 3.70. The molecule has 1 amide bonds. The lowest BCUT2D eigenvalue weighted by atomic mass is 9.88. The number of carbonyl (C=O) groups is 2. The molecule has 1 atom stereocenters. The molecule has 1 aliphatic rings. The summed E-state index contributed by atoms with van der Waals surface area (Å²) in [7, 11) is 0. The Bertz CT molecular complexity index is 806. The number of aryl methyl sites for hydroxylation is 1. The lowest BCUT2D eigenvalue weighted by Gasteiger charge is -2.32. The van der Waals surface area contributed by atoms with Crippen LogP contribution in [0.5, 0.6) is 0 Å². The number of thioether (sulfide) groups is 1. The maximum atomic E-state index is 12.6. The topological polar surface area (TPSA) is 81.2 Å². The quantitative estimate of drug-likeness (QED) is 0.511. The minimum Gasteiger partial charge on any atom is -0.445 e. The van der Waals surface area contributed by atoms with Gasteiger partial charge in [0.1, 0.15) is 0 Å². The summed E-state index contributed by atoms with van der Waals surface area (Å²) in [5.41, 5.74) is 1.12. The summed E-state index contributed by atoms with van der Waals surface area (Å²) in [6, 6.07) is 5.52. The number of rotatable bonds is 4. The molecular formula is C16H17N3O3S2. The lowest BCUT2D eigenvalue weighted by Crippen LogP contribution is -2.48. The first-order valence-corrected chi connectivity index (χ1v) is 9.32. The fraction of sp³-hybridized carbons (Fsp3) is 0.375. The molecule has 1 unspecified atom stereocenters. The SMILES string of the molecule is CCSc1nnc(NC(=O)C2(C)Cc3cc(C)ccc3C(=O)O2)s1. The van der Waals surface area contributed by atoms with Crippen LogP contribution >= 0.6 is 23.1 Å². The van der Waals surface area contributed by atoms with Gasteiger partial charge in [-0.25, -0.2) is 4.79 Å². The summed E-state index contributed by atoms with van der Waals surface area (Å²) < 4.78 is 6.22. The van der Waals surface area contributed by atoms with Gasteiger partial charge in [-0.15, -0.1) is 10.2 Å². The van der Waals surface area contributed by atoms with Gasteiger partial charge in [0, 0.05) is 6.42 Å². The summed E-state index contributed by atoms with van der Waals surface area (Å²) in [4.78, 5) is 24.9. The zero-order valence-electron chi connectivity index (χ0n) is 13.6. The van der Waals surface area contributed by atoms with Crippen LogP contribution in [0.1, 0.15) is 35.3 Å². The Morgan fingerprint density at radius 2 is 2.25 bits per heavy atom. The van der Waals surface area contributed by atoms with Gasteiger partial charge in [-0.2, -0.15) is 0 Å². The molecule has 126 valence electrons. The van der Waals surface area contributed by atoms with E-state index in [1.54, 1.807) is 24.8 Å². The number of carbonyl (C=O) groups excluding carboxylic acids is 2. The van der Waals surface area contributed by atoms with Crippen molar-refractivity contribution in [2.75, 3.05) is 11.1 Å². The van der Waals surface area contributed by atoms with Crippen molar-refractivity contribution in [2.45, 2.75) is 37.1 Å². The van der Waals surface area contributed by atoms with Gasteiger partial charge in [0.2, 0.25) is 5.13 Å². The van der Waals surface area contributed by atoms with E-state index in [1.165, 1.54) is 11.3 Å². The number of esters is 1. The second-order valence-electron chi connectivity index (χ2n) is 5.72. The number of anilines is 1. The van der Waals surface area contributed by atoms with Gasteiger partial charge in [0.05, 0.1) is 5.56 Å². The van der Waals surface area contributed by atoms with E-state index >= 15 is 0 Å². The Morgan fingerprint density at radius 1 is 1.46 bits per heavy atom. The standard InChI is InChI=1S/C16H17N3O3S2/c1-4-23-15-19-18-14(24-15)17-13(21)16(3)8-10-7-9(2)5-6-11(10)12(20)22-16/h5-7H,4,8H2,1-3H3,(H,17,18,21). The molecule has 0 bridgehead atoms. The molecule has 0 saturated heterocycles. The van der Waals surface area contributed by atoms with Gasteiger partial charge in [0.25, 0.3) is 5.91 Å². The second-order valence-corrected chi connectivity index (χ2v) is 8.21. The number of fused-ring (bicyclic) bond motifs is 1. The summed E-state index contributed by atoms with van der Waals surface area (Å²) in [5.74, 6) is 0.00853. The molecule has 1 N–H and O–H groups in total. The number of aromatic nitrogens is 2. The van der Waals surface area contributed by atoms with E-state index in [4.69, 9.17) is 4.74 Å². The number of hydrogen-bond acceptors (Lipinski definition) is 7. The van der Waals surface area contributed by atoms with Crippen LogP contribution in [0.15, 0.2) is 22.5 Å². The molecule has 8 heteroatoms. The summed E-state index contributed by atoms with van der Waals surface area (Å²) in [6.45, 7) is 5.59. The first-order valence-electron chi connectivity index (χ1n) is 7.52. The fourth-order valence-electron chi connectivity index (χ4n) is 2.53. The predicted octanol–water partition coefficient (Wildman–Crippen LogP) is 3.07. The predicted molar refractivity (Wildman–Crippen MR) is 93.6 cm³/mol. The molecular weight excluding hydrogens is 346 g/mol. The summed E-state index contributed by atoms with van der Waals surface area (Å²) in [6.07, 6.45) is 0.330. The first kappa shape index (κ1) is 16.9. The monoisotopic (exact) mass is 363 g/mol. The minimum atomic E-state index is -1.26. The number of benzene rings is 1. The number of hydrogen-bond donors (Lipinski definition) is 1. The average molecular weight is 363 g/mol. The molecule has 0 fully saturated rings. The summed E-state index contributed by atoms with van der Waals surface area (Å²) in [5, 5.41) is 11.1. The Hall–Kier alpha value is -1.93. The molecule has 1 aliphatic heterocycles. The van der Waals surface area contributed by atoms with Crippen molar-refractivity contribution in [3.8, 4) is 0 Å². The van der Waals surface area contributed by atoms with Crippen LogP contribution in [0.25, 0.3) is 0 Å². The molecule has 1 aromatic carbocycles. The number of nitrogens with zero attached hydrogens (tertiary/aromatic N) is 2. The normalized spacial score (nSPS) is 19.5. The smallest absolute Gasteiger partial charge is 0.339 e. The van der Waals surface area contributed by atoms with Gasteiger partial charge < -0.3 is 4.74 Å². The largest absolute Gasteiger partial charge is 0.445 e. The molecule has 0 spiro atoms. The van der Waals surface area contributed by atoms with Crippen LogP contribution in [0, 0.1) is 6.92 Å².